The van der Waals surface area contributed by atoms with E-state index >= 15 is 0 Å². The van der Waals surface area contributed by atoms with Gasteiger partial charge in [0.2, 0.25) is 11.8 Å². The topological polar surface area (TPSA) is 67.4 Å². The number of hydrogen-bond donors (Lipinski definition) is 2. The van der Waals surface area contributed by atoms with Gasteiger partial charge in [0.05, 0.1) is 13.2 Å². The smallest absolute Gasteiger partial charge is 0.220 e. The number of amides is 2. The van der Waals surface area contributed by atoms with Crippen molar-refractivity contribution in [3.05, 3.63) is 101 Å². The molecule has 2 N–H and O–H groups in total. The summed E-state index contributed by atoms with van der Waals surface area (Å²) in [7, 11) is 1.43. The number of ether oxygens (including phenoxy) is 1. The molecule has 0 saturated carbocycles. The van der Waals surface area contributed by atoms with Crippen LogP contribution in [0.2, 0.25) is 0 Å². The van der Waals surface area contributed by atoms with Crippen LogP contribution in [0.15, 0.2) is 78.9 Å². The summed E-state index contributed by atoms with van der Waals surface area (Å²) >= 11 is 0. The molecule has 5 nitrogen and oxygen atoms in total. The lowest BCUT2D eigenvalue weighted by Crippen LogP contribution is -2.44. The number of nitrogens with one attached hydrogen (secondary N) is 2. The maximum Gasteiger partial charge on any atom is 0.220 e. The lowest BCUT2D eigenvalue weighted by molar-refractivity contribution is -0.123. The Kier molecular flexibility index (Phi) is 7.80. The zero-order chi connectivity index (χ0) is 24.7. The normalized spacial score (nSPS) is 18.1. The van der Waals surface area contributed by atoms with Crippen LogP contribution in [0.5, 0.6) is 5.75 Å². The fourth-order valence-corrected chi connectivity index (χ4v) is 4.79. The molecular weight excluding hydrogens is 443 g/mol. The highest BCUT2D eigenvalue weighted by molar-refractivity contribution is 5.80. The van der Waals surface area contributed by atoms with Crippen LogP contribution in [0.1, 0.15) is 48.4 Å². The van der Waals surface area contributed by atoms with Gasteiger partial charge in [-0.1, -0.05) is 66.7 Å². The largest absolute Gasteiger partial charge is 0.494 e. The summed E-state index contributed by atoms with van der Waals surface area (Å²) in [6.07, 6.45) is 3.02. The molecule has 1 aliphatic rings. The monoisotopic (exact) mass is 474 g/mol. The Balaban J connectivity index is 1.45. The fourth-order valence-electron chi connectivity index (χ4n) is 4.79. The second-order valence-electron chi connectivity index (χ2n) is 9.19. The predicted molar refractivity (Wildman–Crippen MR) is 133 cm³/mol. The van der Waals surface area contributed by atoms with Crippen LogP contribution in [-0.2, 0) is 22.4 Å². The Morgan fingerprint density at radius 2 is 1.77 bits per heavy atom. The molecule has 0 spiro atoms. The van der Waals surface area contributed by atoms with Gasteiger partial charge in [0, 0.05) is 18.4 Å². The van der Waals surface area contributed by atoms with Crippen molar-refractivity contribution >= 4 is 11.8 Å². The first kappa shape index (κ1) is 24.5. The van der Waals surface area contributed by atoms with Crippen molar-refractivity contribution in [1.29, 1.82) is 0 Å². The van der Waals surface area contributed by atoms with Crippen molar-refractivity contribution in [3.8, 4) is 5.75 Å². The van der Waals surface area contributed by atoms with Gasteiger partial charge in [0.1, 0.15) is 0 Å². The lowest BCUT2D eigenvalue weighted by atomic mass is 9.84. The maximum absolute atomic E-state index is 13.9. The van der Waals surface area contributed by atoms with Gasteiger partial charge in [0.15, 0.2) is 11.6 Å². The molecule has 6 heteroatoms. The number of methoxy groups -OCH3 is 1. The highest BCUT2D eigenvalue weighted by atomic mass is 19.1. The molecule has 0 aromatic heterocycles. The van der Waals surface area contributed by atoms with Crippen LogP contribution in [0.3, 0.4) is 0 Å². The quantitative estimate of drug-likeness (QED) is 0.439. The molecule has 3 aromatic rings. The van der Waals surface area contributed by atoms with Gasteiger partial charge in [0.25, 0.3) is 0 Å². The van der Waals surface area contributed by atoms with Crippen molar-refractivity contribution in [2.75, 3.05) is 7.11 Å². The van der Waals surface area contributed by atoms with E-state index in [-0.39, 0.29) is 30.0 Å². The van der Waals surface area contributed by atoms with E-state index in [1.54, 1.807) is 12.1 Å². The van der Waals surface area contributed by atoms with E-state index in [9.17, 15) is 14.0 Å². The summed E-state index contributed by atoms with van der Waals surface area (Å²) in [6, 6.07) is 24.6. The van der Waals surface area contributed by atoms with Gasteiger partial charge in [-0.3, -0.25) is 9.59 Å². The van der Waals surface area contributed by atoms with Crippen molar-refractivity contribution in [1.82, 2.24) is 10.6 Å². The average Bonchev–Trinajstić information content (AvgIpc) is 3.25. The molecule has 35 heavy (non-hydrogen) atoms. The van der Waals surface area contributed by atoms with Crippen LogP contribution in [0, 0.1) is 5.82 Å². The van der Waals surface area contributed by atoms with E-state index < -0.39 is 11.4 Å². The van der Waals surface area contributed by atoms with Crippen LogP contribution in [-0.4, -0.2) is 24.5 Å². The van der Waals surface area contributed by atoms with Gasteiger partial charge >= 0.3 is 0 Å². The highest BCUT2D eigenvalue weighted by Crippen LogP contribution is 2.31. The zero-order valence-corrected chi connectivity index (χ0v) is 19.9. The van der Waals surface area contributed by atoms with Gasteiger partial charge in [-0.15, -0.1) is 0 Å². The summed E-state index contributed by atoms with van der Waals surface area (Å²) < 4.78 is 19.0. The van der Waals surface area contributed by atoms with E-state index in [4.69, 9.17) is 4.74 Å². The summed E-state index contributed by atoms with van der Waals surface area (Å²) in [5.41, 5.74) is 2.51. The molecule has 4 rings (SSSR count). The molecule has 1 fully saturated rings. The first-order valence-corrected chi connectivity index (χ1v) is 12.0. The van der Waals surface area contributed by atoms with Crippen LogP contribution in [0.4, 0.5) is 4.39 Å². The summed E-state index contributed by atoms with van der Waals surface area (Å²) in [4.78, 5) is 25.2. The van der Waals surface area contributed by atoms with Crippen LogP contribution >= 0.6 is 0 Å². The second kappa shape index (κ2) is 11.2. The third-order valence-electron chi connectivity index (χ3n) is 6.64. The van der Waals surface area contributed by atoms with E-state index in [0.29, 0.717) is 32.1 Å². The van der Waals surface area contributed by atoms with E-state index in [0.717, 1.165) is 16.7 Å². The van der Waals surface area contributed by atoms with Gasteiger partial charge in [-0.05, 0) is 54.5 Å². The number of halogens is 1. The Labute approximate surface area is 205 Å². The SMILES string of the molecule is COc1cc(C[C@@]2(CCC(=O)N[C@H](Cc3ccccc3)c3ccccc3)CCC(=O)N2)ccc1F. The Morgan fingerprint density at radius 3 is 2.43 bits per heavy atom. The second-order valence-corrected chi connectivity index (χ2v) is 9.19. The van der Waals surface area contributed by atoms with E-state index in [1.165, 1.54) is 13.2 Å². The molecule has 0 unspecified atom stereocenters. The first-order valence-electron chi connectivity index (χ1n) is 12.0. The van der Waals surface area contributed by atoms with Crippen LogP contribution in [0.25, 0.3) is 0 Å². The van der Waals surface area contributed by atoms with Crippen molar-refractivity contribution < 1.29 is 18.7 Å². The number of rotatable bonds is 10. The summed E-state index contributed by atoms with van der Waals surface area (Å²) in [6.45, 7) is 0. The predicted octanol–water partition coefficient (Wildman–Crippen LogP) is 4.91. The van der Waals surface area contributed by atoms with Crippen molar-refractivity contribution in [3.63, 3.8) is 0 Å². The molecule has 0 aliphatic carbocycles. The Morgan fingerprint density at radius 1 is 1.06 bits per heavy atom. The van der Waals surface area contributed by atoms with Gasteiger partial charge in [-0.25, -0.2) is 4.39 Å². The minimum Gasteiger partial charge on any atom is -0.494 e. The minimum atomic E-state index is -0.543. The lowest BCUT2D eigenvalue weighted by Gasteiger charge is -2.30. The maximum atomic E-state index is 13.9. The van der Waals surface area contributed by atoms with Gasteiger partial charge in [-0.2, -0.15) is 0 Å². The Bertz CT molecular complexity index is 1150. The molecule has 0 bridgehead atoms. The fraction of sp³-hybridized carbons (Fsp3) is 0.310. The summed E-state index contributed by atoms with van der Waals surface area (Å²) in [5.74, 6) is -0.338. The first-order chi connectivity index (χ1) is 17.0. The average molecular weight is 475 g/mol. The summed E-state index contributed by atoms with van der Waals surface area (Å²) in [5, 5.41) is 6.30. The standard InChI is InChI=1S/C29H31FN2O3/c1-35-26-19-22(12-13-24(26)30)20-29(17-15-28(34)32-29)16-14-27(33)31-25(23-10-6-3-7-11-23)18-21-8-4-2-5-9-21/h2-13,19,25H,14-18,20H2,1H3,(H,31,33)(H,32,34)/t25-,29-/m1/s1. The molecule has 182 valence electrons. The number of carbonyl (C=O) groups excluding carboxylic acids is 2. The molecule has 1 heterocycles. The van der Waals surface area contributed by atoms with Gasteiger partial charge < -0.3 is 15.4 Å². The molecule has 0 radical (unpaired) electrons. The van der Waals surface area contributed by atoms with Crippen molar-refractivity contribution in [2.45, 2.75) is 50.1 Å². The highest BCUT2D eigenvalue weighted by Gasteiger charge is 2.38. The molecular formula is C29H31FN2O3. The molecule has 1 aliphatic heterocycles. The molecule has 2 amide bonds. The molecule has 2 atom stereocenters. The number of benzene rings is 3. The molecule has 1 saturated heterocycles. The van der Waals surface area contributed by atoms with Crippen molar-refractivity contribution in [2.24, 2.45) is 0 Å². The third kappa shape index (κ3) is 6.47. The molecule has 3 aromatic carbocycles. The zero-order valence-electron chi connectivity index (χ0n) is 19.9. The number of carbonyl (C=O) groups is 2. The van der Waals surface area contributed by atoms with E-state index in [2.05, 4.69) is 22.8 Å². The van der Waals surface area contributed by atoms with Crippen LogP contribution < -0.4 is 15.4 Å². The third-order valence-corrected chi connectivity index (χ3v) is 6.64. The Hall–Kier alpha value is -3.67. The number of hydrogen-bond acceptors (Lipinski definition) is 3. The minimum absolute atomic E-state index is 0.0225. The van der Waals surface area contributed by atoms with E-state index in [1.807, 2.05) is 48.5 Å².